The highest BCUT2D eigenvalue weighted by molar-refractivity contribution is 7.15. The van der Waals surface area contributed by atoms with E-state index in [4.69, 9.17) is 4.42 Å². The lowest BCUT2D eigenvalue weighted by molar-refractivity contribution is 0.0971. The average Bonchev–Trinajstić information content (AvgIpc) is 3.24. The van der Waals surface area contributed by atoms with Gasteiger partial charge in [-0.1, -0.05) is 56.7 Å². The minimum atomic E-state index is -0.590. The van der Waals surface area contributed by atoms with Crippen LogP contribution in [0.25, 0.3) is 11.0 Å². The van der Waals surface area contributed by atoms with Crippen molar-refractivity contribution in [3.63, 3.8) is 0 Å². The van der Waals surface area contributed by atoms with E-state index in [0.717, 1.165) is 21.7 Å². The highest BCUT2D eigenvalue weighted by Gasteiger charge is 2.45. The van der Waals surface area contributed by atoms with Crippen LogP contribution in [0.15, 0.2) is 51.7 Å². The van der Waals surface area contributed by atoms with E-state index in [9.17, 15) is 9.59 Å². The van der Waals surface area contributed by atoms with Gasteiger partial charge in [0, 0.05) is 4.88 Å². The van der Waals surface area contributed by atoms with Crippen molar-refractivity contribution in [2.24, 2.45) is 0 Å². The molecule has 0 radical (unpaired) electrons. The molecule has 168 valence electrons. The first kappa shape index (κ1) is 21.6. The Balaban J connectivity index is 1.78. The van der Waals surface area contributed by atoms with Gasteiger partial charge >= 0.3 is 0 Å². The number of anilines is 1. The third-order valence-corrected chi connectivity index (χ3v) is 7.41. The third kappa shape index (κ3) is 3.40. The van der Waals surface area contributed by atoms with Gasteiger partial charge in [0.15, 0.2) is 10.6 Å². The van der Waals surface area contributed by atoms with Crippen LogP contribution < -0.4 is 10.3 Å². The lowest BCUT2D eigenvalue weighted by Gasteiger charge is -2.24. The summed E-state index contributed by atoms with van der Waals surface area (Å²) in [6.45, 7) is 12.3. The first-order chi connectivity index (χ1) is 15.6. The summed E-state index contributed by atoms with van der Waals surface area (Å²) in [4.78, 5) is 34.7. The van der Waals surface area contributed by atoms with Crippen LogP contribution >= 0.6 is 11.3 Å². The molecule has 4 aromatic rings. The molecule has 1 amide bonds. The number of nitrogens with zero attached hydrogens (tertiary/aromatic N) is 2. The summed E-state index contributed by atoms with van der Waals surface area (Å²) in [5.74, 6) is -0.227. The fourth-order valence-electron chi connectivity index (χ4n) is 4.32. The zero-order valence-corrected chi connectivity index (χ0v) is 20.5. The van der Waals surface area contributed by atoms with E-state index in [1.807, 2.05) is 45.0 Å². The van der Waals surface area contributed by atoms with Crippen LogP contribution in [0.1, 0.15) is 70.2 Å². The molecule has 0 spiro atoms. The van der Waals surface area contributed by atoms with E-state index in [-0.39, 0.29) is 22.5 Å². The Kier molecular flexibility index (Phi) is 4.83. The Morgan fingerprint density at radius 2 is 1.70 bits per heavy atom. The van der Waals surface area contributed by atoms with Gasteiger partial charge in [-0.05, 0) is 49.4 Å². The topological polar surface area (TPSA) is 63.4 Å². The van der Waals surface area contributed by atoms with E-state index in [1.165, 1.54) is 16.9 Å². The second-order valence-electron chi connectivity index (χ2n) is 9.76. The van der Waals surface area contributed by atoms with Crippen molar-refractivity contribution in [3.8, 4) is 0 Å². The molecule has 1 atom stereocenters. The number of amides is 1. The molecular formula is C27H26N2O3S. The summed E-state index contributed by atoms with van der Waals surface area (Å²) in [7, 11) is 0. The number of carbonyl (C=O) groups is 1. The largest absolute Gasteiger partial charge is 0.450 e. The lowest BCUT2D eigenvalue weighted by atomic mass is 9.86. The second kappa shape index (κ2) is 7.39. The van der Waals surface area contributed by atoms with Gasteiger partial charge in [-0.25, -0.2) is 4.98 Å². The Hall–Kier alpha value is -3.25. The summed E-state index contributed by atoms with van der Waals surface area (Å²) in [6.07, 6.45) is 0. The maximum absolute atomic E-state index is 13.7. The maximum Gasteiger partial charge on any atom is 0.297 e. The molecule has 0 aliphatic carbocycles. The molecule has 5 nitrogen and oxygen atoms in total. The molecule has 33 heavy (non-hydrogen) atoms. The number of carbonyl (C=O) groups excluding carboxylic acids is 1. The molecule has 6 heteroatoms. The van der Waals surface area contributed by atoms with Crippen molar-refractivity contribution < 1.29 is 9.21 Å². The van der Waals surface area contributed by atoms with Gasteiger partial charge in [-0.2, -0.15) is 0 Å². The molecule has 0 saturated carbocycles. The second-order valence-corrected chi connectivity index (χ2v) is 10.9. The maximum atomic E-state index is 13.7. The average molecular weight is 459 g/mol. The molecule has 1 aliphatic heterocycles. The molecule has 1 aliphatic rings. The molecule has 1 unspecified atom stereocenters. The summed E-state index contributed by atoms with van der Waals surface area (Å²) < 4.78 is 6.06. The van der Waals surface area contributed by atoms with Gasteiger partial charge in [-0.3, -0.25) is 14.5 Å². The molecular weight excluding hydrogens is 432 g/mol. The quantitative estimate of drug-likeness (QED) is 0.358. The van der Waals surface area contributed by atoms with E-state index in [1.54, 1.807) is 11.0 Å². The van der Waals surface area contributed by atoms with Crippen LogP contribution in [-0.2, 0) is 5.41 Å². The van der Waals surface area contributed by atoms with Gasteiger partial charge < -0.3 is 4.42 Å². The highest BCUT2D eigenvalue weighted by atomic mass is 32.1. The molecule has 5 rings (SSSR count). The Labute approximate surface area is 196 Å². The first-order valence-electron chi connectivity index (χ1n) is 11.0. The highest BCUT2D eigenvalue weighted by Crippen LogP contribution is 2.43. The van der Waals surface area contributed by atoms with Crippen molar-refractivity contribution >= 4 is 33.3 Å². The van der Waals surface area contributed by atoms with Crippen molar-refractivity contribution in [1.82, 2.24) is 4.98 Å². The molecule has 2 aromatic heterocycles. The number of aryl methyl sites for hydroxylation is 3. The van der Waals surface area contributed by atoms with Crippen LogP contribution in [0, 0.1) is 20.8 Å². The molecule has 0 fully saturated rings. The van der Waals surface area contributed by atoms with Crippen LogP contribution in [0.3, 0.4) is 0 Å². The number of rotatable bonds is 2. The van der Waals surface area contributed by atoms with Crippen LogP contribution in [0.5, 0.6) is 0 Å². The molecule has 0 saturated heterocycles. The Morgan fingerprint density at radius 3 is 2.30 bits per heavy atom. The summed E-state index contributed by atoms with van der Waals surface area (Å²) >= 11 is 1.45. The van der Waals surface area contributed by atoms with Gasteiger partial charge in [-0.15, -0.1) is 11.3 Å². The number of hydrogen-bond acceptors (Lipinski definition) is 5. The number of fused-ring (bicyclic) bond motifs is 2. The fraction of sp³-hybridized carbons (Fsp3) is 0.296. The lowest BCUT2D eigenvalue weighted by Crippen LogP contribution is -2.29. The monoisotopic (exact) mass is 458 g/mol. The number of benzene rings is 2. The third-order valence-electron chi connectivity index (χ3n) is 6.34. The predicted octanol–water partition coefficient (Wildman–Crippen LogP) is 6.22. The van der Waals surface area contributed by atoms with Gasteiger partial charge in [0.25, 0.3) is 5.91 Å². The van der Waals surface area contributed by atoms with Crippen LogP contribution in [-0.4, -0.2) is 10.9 Å². The first-order valence-corrected chi connectivity index (χ1v) is 11.8. The van der Waals surface area contributed by atoms with Gasteiger partial charge in [0.1, 0.15) is 5.58 Å². The number of aromatic nitrogens is 1. The van der Waals surface area contributed by atoms with E-state index in [0.29, 0.717) is 21.7 Å². The molecule has 3 heterocycles. The summed E-state index contributed by atoms with van der Waals surface area (Å²) in [6, 6.07) is 13.0. The van der Waals surface area contributed by atoms with Crippen molar-refractivity contribution in [2.45, 2.75) is 53.0 Å². The zero-order valence-electron chi connectivity index (χ0n) is 19.6. The Morgan fingerprint density at radius 1 is 1.00 bits per heavy atom. The molecule has 0 bridgehead atoms. The summed E-state index contributed by atoms with van der Waals surface area (Å²) in [5, 5.41) is 1.07. The Bertz CT molecular complexity index is 1450. The predicted molar refractivity (Wildman–Crippen MR) is 133 cm³/mol. The molecule has 2 aromatic carbocycles. The van der Waals surface area contributed by atoms with E-state index in [2.05, 4.69) is 37.9 Å². The van der Waals surface area contributed by atoms with Crippen LogP contribution in [0.2, 0.25) is 0 Å². The van der Waals surface area contributed by atoms with Gasteiger partial charge in [0.05, 0.1) is 22.7 Å². The smallest absolute Gasteiger partial charge is 0.297 e. The number of thiazole rings is 1. The van der Waals surface area contributed by atoms with Crippen molar-refractivity contribution in [3.05, 3.63) is 91.3 Å². The number of hydrogen-bond donors (Lipinski definition) is 0. The van der Waals surface area contributed by atoms with Gasteiger partial charge in [0.2, 0.25) is 5.76 Å². The van der Waals surface area contributed by atoms with Crippen molar-refractivity contribution in [1.29, 1.82) is 0 Å². The fourth-order valence-corrected chi connectivity index (χ4v) is 5.26. The minimum Gasteiger partial charge on any atom is -0.450 e. The van der Waals surface area contributed by atoms with E-state index >= 15 is 0 Å². The van der Waals surface area contributed by atoms with Crippen molar-refractivity contribution in [2.75, 3.05) is 4.90 Å². The zero-order chi connectivity index (χ0) is 23.7. The minimum absolute atomic E-state index is 0.00207. The standard InChI is InChI=1S/C27H26N2O3S/c1-14-7-12-20-19(13-14)23(30)21-22(17-8-10-18(11-9-17)27(4,5)6)29(25(31)24(21)32-20)26-28-15(2)16(3)33-26/h7-13,22H,1-6H3. The summed E-state index contributed by atoms with van der Waals surface area (Å²) in [5.41, 5.74) is 4.52. The SMILES string of the molecule is Cc1ccc2oc3c(c(=O)c2c1)C(c1ccc(C(C)(C)C)cc1)N(c1nc(C)c(C)s1)C3=O. The molecule has 0 N–H and O–H groups in total. The normalized spacial score (nSPS) is 16.0. The van der Waals surface area contributed by atoms with Crippen LogP contribution in [0.4, 0.5) is 5.13 Å². The van der Waals surface area contributed by atoms with E-state index < -0.39 is 6.04 Å².